The van der Waals surface area contributed by atoms with Gasteiger partial charge >= 0.3 is 0 Å². The van der Waals surface area contributed by atoms with E-state index < -0.39 is 0 Å². The molecule has 2 rings (SSSR count). The Bertz CT molecular complexity index is 572. The molecule has 0 aromatic heterocycles. The van der Waals surface area contributed by atoms with Crippen LogP contribution in [0.15, 0.2) is 23.2 Å². The molecule has 0 aliphatic carbocycles. The molecule has 1 aliphatic rings. The van der Waals surface area contributed by atoms with Gasteiger partial charge in [-0.2, -0.15) is 0 Å². The molecule has 5 nitrogen and oxygen atoms in total. The normalized spacial score (nSPS) is 20.5. The minimum atomic E-state index is -0.376. The summed E-state index contributed by atoms with van der Waals surface area (Å²) in [5.74, 6) is 1.72. The lowest BCUT2D eigenvalue weighted by Crippen LogP contribution is -2.30. The van der Waals surface area contributed by atoms with Crippen LogP contribution in [0.1, 0.15) is 25.8 Å². The largest absolute Gasteiger partial charge is 0.350 e. The Morgan fingerprint density at radius 1 is 1.52 bits per heavy atom. The standard InChI is InChI=1S/C15H21N3O2S/c1-10(2)7-13-9-21-15(17(13)4)16-14-6-5-12(18(19)20)8-11(14)3/h5-6,8,10,13H,7,9H2,1-4H3. The maximum atomic E-state index is 10.8. The van der Waals surface area contributed by atoms with E-state index in [1.165, 1.54) is 6.07 Å². The summed E-state index contributed by atoms with van der Waals surface area (Å²) in [4.78, 5) is 17.3. The summed E-state index contributed by atoms with van der Waals surface area (Å²) in [6, 6.07) is 5.33. The van der Waals surface area contributed by atoms with E-state index in [2.05, 4.69) is 30.8 Å². The van der Waals surface area contributed by atoms with Gasteiger partial charge in [0.2, 0.25) is 0 Å². The molecule has 1 heterocycles. The van der Waals surface area contributed by atoms with E-state index in [0.717, 1.165) is 28.6 Å². The second-order valence-corrected chi connectivity index (χ2v) is 6.81. The fraction of sp³-hybridized carbons (Fsp3) is 0.533. The highest BCUT2D eigenvalue weighted by Gasteiger charge is 2.27. The lowest BCUT2D eigenvalue weighted by Gasteiger charge is -2.22. The minimum absolute atomic E-state index is 0.113. The molecule has 1 unspecified atom stereocenters. The van der Waals surface area contributed by atoms with Crippen molar-refractivity contribution < 1.29 is 4.92 Å². The van der Waals surface area contributed by atoms with Gasteiger partial charge in [-0.15, -0.1) is 0 Å². The number of hydrogen-bond acceptors (Lipinski definition) is 4. The molecule has 1 aliphatic heterocycles. The smallest absolute Gasteiger partial charge is 0.269 e. The SMILES string of the molecule is Cc1cc([N+](=O)[O-])ccc1N=C1SCC(CC(C)C)N1C. The van der Waals surface area contributed by atoms with Gasteiger partial charge in [-0.25, -0.2) is 4.99 Å². The van der Waals surface area contributed by atoms with Crippen LogP contribution >= 0.6 is 11.8 Å². The third kappa shape index (κ3) is 3.75. The number of nitro groups is 1. The maximum Gasteiger partial charge on any atom is 0.269 e. The summed E-state index contributed by atoms with van der Waals surface area (Å²) in [5, 5.41) is 11.8. The van der Waals surface area contributed by atoms with E-state index in [1.54, 1.807) is 23.9 Å². The van der Waals surface area contributed by atoms with Gasteiger partial charge in [0, 0.05) is 31.0 Å². The number of nitro benzene ring substituents is 1. The molecule has 114 valence electrons. The zero-order valence-corrected chi connectivity index (χ0v) is 13.7. The summed E-state index contributed by atoms with van der Waals surface area (Å²) < 4.78 is 0. The molecule has 0 N–H and O–H groups in total. The minimum Gasteiger partial charge on any atom is -0.350 e. The Kier molecular flexibility index (Phi) is 4.88. The molecule has 0 spiro atoms. The number of aryl methyl sites for hydroxylation is 1. The van der Waals surface area contributed by atoms with Gasteiger partial charge in [0.05, 0.1) is 10.6 Å². The predicted octanol–water partition coefficient (Wildman–Crippen LogP) is 3.98. The van der Waals surface area contributed by atoms with Gasteiger partial charge in [0.25, 0.3) is 5.69 Å². The third-order valence-electron chi connectivity index (χ3n) is 3.61. The maximum absolute atomic E-state index is 10.8. The molecular weight excluding hydrogens is 286 g/mol. The van der Waals surface area contributed by atoms with Crippen LogP contribution in [0.2, 0.25) is 0 Å². The van der Waals surface area contributed by atoms with Gasteiger partial charge in [-0.1, -0.05) is 25.6 Å². The molecule has 6 heteroatoms. The molecule has 1 saturated heterocycles. The van der Waals surface area contributed by atoms with Crippen molar-refractivity contribution in [3.8, 4) is 0 Å². The second-order valence-electron chi connectivity index (χ2n) is 5.83. The molecule has 1 aromatic rings. The molecule has 0 radical (unpaired) electrons. The Morgan fingerprint density at radius 2 is 2.24 bits per heavy atom. The van der Waals surface area contributed by atoms with Crippen molar-refractivity contribution in [1.82, 2.24) is 4.90 Å². The monoisotopic (exact) mass is 307 g/mol. The summed E-state index contributed by atoms with van der Waals surface area (Å²) in [6.45, 7) is 6.32. The molecule has 0 bridgehead atoms. The van der Waals surface area contributed by atoms with E-state index in [4.69, 9.17) is 0 Å². The van der Waals surface area contributed by atoms with Crippen LogP contribution in [0.4, 0.5) is 11.4 Å². The Morgan fingerprint density at radius 3 is 2.81 bits per heavy atom. The number of non-ortho nitro benzene ring substituents is 1. The average Bonchev–Trinajstić information content (AvgIpc) is 2.73. The van der Waals surface area contributed by atoms with Crippen LogP contribution in [0.5, 0.6) is 0 Å². The first-order chi connectivity index (χ1) is 9.88. The summed E-state index contributed by atoms with van der Waals surface area (Å²) >= 11 is 1.76. The van der Waals surface area contributed by atoms with Gasteiger partial charge in [0.15, 0.2) is 5.17 Å². The number of amidine groups is 1. The highest BCUT2D eigenvalue weighted by molar-refractivity contribution is 8.14. The highest BCUT2D eigenvalue weighted by atomic mass is 32.2. The van der Waals surface area contributed by atoms with Crippen LogP contribution < -0.4 is 0 Å². The van der Waals surface area contributed by atoms with E-state index in [9.17, 15) is 10.1 Å². The van der Waals surface area contributed by atoms with Crippen molar-refractivity contribution in [1.29, 1.82) is 0 Å². The topological polar surface area (TPSA) is 58.7 Å². The molecule has 0 saturated carbocycles. The third-order valence-corrected chi connectivity index (χ3v) is 4.79. The zero-order valence-electron chi connectivity index (χ0n) is 12.9. The predicted molar refractivity (Wildman–Crippen MR) is 88.4 cm³/mol. The van der Waals surface area contributed by atoms with Crippen LogP contribution in [-0.2, 0) is 0 Å². The molecule has 0 amide bonds. The fourth-order valence-corrected chi connectivity index (χ4v) is 3.62. The summed E-state index contributed by atoms with van der Waals surface area (Å²) in [7, 11) is 2.08. The Labute approximate surface area is 129 Å². The summed E-state index contributed by atoms with van der Waals surface area (Å²) in [6.07, 6.45) is 1.15. The number of hydrogen-bond donors (Lipinski definition) is 0. The van der Waals surface area contributed by atoms with Crippen LogP contribution in [0.25, 0.3) is 0 Å². The zero-order chi connectivity index (χ0) is 15.6. The van der Waals surface area contributed by atoms with Crippen molar-refractivity contribution in [2.24, 2.45) is 10.9 Å². The first kappa shape index (κ1) is 15.8. The summed E-state index contributed by atoms with van der Waals surface area (Å²) in [5.41, 5.74) is 1.75. The number of thioether (sulfide) groups is 1. The van der Waals surface area contributed by atoms with Crippen LogP contribution in [0, 0.1) is 23.0 Å². The van der Waals surface area contributed by atoms with Crippen LogP contribution in [0.3, 0.4) is 0 Å². The van der Waals surface area contributed by atoms with Crippen LogP contribution in [-0.4, -0.2) is 33.8 Å². The Hall–Kier alpha value is -1.56. The molecule has 1 fully saturated rings. The first-order valence-corrected chi connectivity index (χ1v) is 8.06. The first-order valence-electron chi connectivity index (χ1n) is 7.08. The van der Waals surface area contributed by atoms with Crippen molar-refractivity contribution in [3.05, 3.63) is 33.9 Å². The van der Waals surface area contributed by atoms with Crippen molar-refractivity contribution in [3.63, 3.8) is 0 Å². The quantitative estimate of drug-likeness (QED) is 0.623. The van der Waals surface area contributed by atoms with E-state index in [1.807, 2.05) is 6.92 Å². The lowest BCUT2D eigenvalue weighted by atomic mass is 10.0. The molecular formula is C15H21N3O2S. The van der Waals surface area contributed by atoms with Crippen molar-refractivity contribution in [2.45, 2.75) is 33.2 Å². The van der Waals surface area contributed by atoms with Crippen molar-refractivity contribution >= 4 is 28.3 Å². The fourth-order valence-electron chi connectivity index (χ4n) is 2.40. The van der Waals surface area contributed by atoms with Gasteiger partial charge in [-0.05, 0) is 30.9 Å². The number of aliphatic imine (C=N–C) groups is 1. The average molecular weight is 307 g/mol. The van der Waals surface area contributed by atoms with Gasteiger partial charge in [-0.3, -0.25) is 10.1 Å². The molecule has 1 aromatic carbocycles. The Balaban J connectivity index is 2.19. The van der Waals surface area contributed by atoms with Gasteiger partial charge < -0.3 is 4.90 Å². The second kappa shape index (κ2) is 6.47. The van der Waals surface area contributed by atoms with E-state index >= 15 is 0 Å². The number of rotatable bonds is 4. The van der Waals surface area contributed by atoms with E-state index in [-0.39, 0.29) is 10.6 Å². The van der Waals surface area contributed by atoms with Gasteiger partial charge in [0.1, 0.15) is 0 Å². The van der Waals surface area contributed by atoms with E-state index in [0.29, 0.717) is 12.0 Å². The molecule has 1 atom stereocenters. The molecule has 21 heavy (non-hydrogen) atoms. The number of nitrogens with zero attached hydrogens (tertiary/aromatic N) is 3. The van der Waals surface area contributed by atoms with Crippen molar-refractivity contribution in [2.75, 3.05) is 12.8 Å². The lowest BCUT2D eigenvalue weighted by molar-refractivity contribution is -0.384. The number of benzene rings is 1. The highest BCUT2D eigenvalue weighted by Crippen LogP contribution is 2.31.